The normalized spacial score (nSPS) is 11.9. The Morgan fingerprint density at radius 3 is 1.65 bits per heavy atom. The fourth-order valence-electron chi connectivity index (χ4n) is 5.85. The van der Waals surface area contributed by atoms with Crippen LogP contribution in [-0.2, 0) is 44.8 Å². The van der Waals surface area contributed by atoms with Crippen molar-refractivity contribution in [1.29, 1.82) is 0 Å². The van der Waals surface area contributed by atoms with Gasteiger partial charge < -0.3 is 9.29 Å². The molecule has 0 atom stereocenters. The molecule has 0 fully saturated rings. The second-order valence-electron chi connectivity index (χ2n) is 13.3. The highest BCUT2D eigenvalue weighted by atomic mass is 32.2. The number of esters is 1. The first kappa shape index (κ1) is 45.5. The number of benzene rings is 4. The summed E-state index contributed by atoms with van der Waals surface area (Å²) in [6, 6.07) is 40.6. The average Bonchev–Trinajstić information content (AvgIpc) is 3.20. The Labute approximate surface area is 338 Å². The molecule has 0 aliphatic rings. The fourth-order valence-corrected chi connectivity index (χ4v) is 9.26. The van der Waals surface area contributed by atoms with Crippen LogP contribution in [-0.4, -0.2) is 50.8 Å². The van der Waals surface area contributed by atoms with Crippen LogP contribution in [0.5, 0.6) is 0 Å². The van der Waals surface area contributed by atoms with E-state index in [-0.39, 0.29) is 29.1 Å². The Bertz CT molecular complexity index is 2170. The molecule has 0 spiro atoms. The number of hydrogen-bond donors (Lipinski definition) is 0. The first-order chi connectivity index (χ1) is 27.3. The van der Waals surface area contributed by atoms with E-state index in [9.17, 15) is 35.0 Å². The van der Waals surface area contributed by atoms with E-state index in [1.807, 2.05) is 12.1 Å². The van der Waals surface area contributed by atoms with Crippen LogP contribution in [0.15, 0.2) is 141 Å². The fraction of sp³-hybridized carbons (Fsp3) is 0.349. The highest BCUT2D eigenvalue weighted by molar-refractivity contribution is 7.97. The summed E-state index contributed by atoms with van der Waals surface area (Å²) in [6.45, 7) is 1.94. The van der Waals surface area contributed by atoms with E-state index in [1.165, 1.54) is 26.3 Å². The first-order valence-corrected chi connectivity index (χ1v) is 23.0. The SMILES string of the molecule is Cc1ccccc1[S+](c1ccccc1)c1ccccc1.O=C(OCCCCCCCCCCCCCOS(=O)(=O)c1ccc2ccccc2n1)C(F)(F)S(=O)(=O)[O-]. The van der Waals surface area contributed by atoms with Gasteiger partial charge in [0.15, 0.2) is 29.8 Å². The van der Waals surface area contributed by atoms with E-state index in [4.69, 9.17) is 4.18 Å². The second kappa shape index (κ2) is 22.7. The number of fused-ring (bicyclic) bond motifs is 1. The van der Waals surface area contributed by atoms with Crippen LogP contribution in [0.1, 0.15) is 76.2 Å². The Balaban J connectivity index is 0.000000299. The summed E-state index contributed by atoms with van der Waals surface area (Å²) in [6.07, 6.45) is 9.19. The topological polar surface area (TPSA) is 140 Å². The molecule has 1 heterocycles. The van der Waals surface area contributed by atoms with Crippen molar-refractivity contribution < 1.29 is 43.9 Å². The van der Waals surface area contributed by atoms with Crippen LogP contribution in [0.4, 0.5) is 8.78 Å². The third-order valence-corrected chi connectivity index (χ3v) is 13.3. The van der Waals surface area contributed by atoms with Crippen LogP contribution in [0, 0.1) is 6.92 Å². The summed E-state index contributed by atoms with van der Waals surface area (Å²) >= 11 is 0. The van der Waals surface area contributed by atoms with E-state index >= 15 is 0 Å². The van der Waals surface area contributed by atoms with Crippen molar-refractivity contribution in [2.75, 3.05) is 13.2 Å². The molecule has 57 heavy (non-hydrogen) atoms. The zero-order valence-electron chi connectivity index (χ0n) is 31.9. The Hall–Kier alpha value is -4.21. The summed E-state index contributed by atoms with van der Waals surface area (Å²) < 4.78 is 90.8. The van der Waals surface area contributed by atoms with Crippen molar-refractivity contribution in [2.24, 2.45) is 0 Å². The molecule has 0 amide bonds. The van der Waals surface area contributed by atoms with Gasteiger partial charge in [-0.05, 0) is 68.3 Å². The molecule has 4 aromatic carbocycles. The lowest BCUT2D eigenvalue weighted by molar-refractivity contribution is -0.161. The highest BCUT2D eigenvalue weighted by Crippen LogP contribution is 2.32. The van der Waals surface area contributed by atoms with Gasteiger partial charge in [0.1, 0.15) is 0 Å². The molecular weight excluding hydrogens is 793 g/mol. The molecule has 0 unspecified atom stereocenters. The van der Waals surface area contributed by atoms with Crippen molar-refractivity contribution in [1.82, 2.24) is 4.98 Å². The van der Waals surface area contributed by atoms with Crippen molar-refractivity contribution >= 4 is 48.0 Å². The number of aromatic nitrogens is 1. The molecule has 14 heteroatoms. The summed E-state index contributed by atoms with van der Waals surface area (Å²) in [5, 5.41) is -4.30. The molecule has 9 nitrogen and oxygen atoms in total. The number of halogens is 2. The number of alkyl halides is 2. The number of nitrogens with zero attached hydrogens (tertiary/aromatic N) is 1. The van der Waals surface area contributed by atoms with Gasteiger partial charge in [0, 0.05) is 10.9 Å². The van der Waals surface area contributed by atoms with Crippen LogP contribution < -0.4 is 0 Å². The maximum atomic E-state index is 12.9. The summed E-state index contributed by atoms with van der Waals surface area (Å²) in [5.74, 6) is -2.34. The smallest absolute Gasteiger partial charge is 0.428 e. The lowest BCUT2D eigenvalue weighted by Crippen LogP contribution is -2.39. The van der Waals surface area contributed by atoms with E-state index in [1.54, 1.807) is 18.2 Å². The Morgan fingerprint density at radius 2 is 1.11 bits per heavy atom. The Kier molecular flexibility index (Phi) is 18.1. The van der Waals surface area contributed by atoms with Crippen molar-refractivity contribution in [3.63, 3.8) is 0 Å². The molecule has 0 saturated heterocycles. The van der Waals surface area contributed by atoms with E-state index in [0.717, 1.165) is 56.8 Å². The van der Waals surface area contributed by atoms with Crippen molar-refractivity contribution in [3.8, 4) is 0 Å². The monoisotopic (exact) mass is 841 g/mol. The van der Waals surface area contributed by atoms with Crippen LogP contribution in [0.2, 0.25) is 0 Å². The van der Waals surface area contributed by atoms with Gasteiger partial charge in [0.25, 0.3) is 0 Å². The maximum absolute atomic E-state index is 12.9. The molecule has 1 aromatic heterocycles. The van der Waals surface area contributed by atoms with Gasteiger partial charge in [0.2, 0.25) is 0 Å². The summed E-state index contributed by atoms with van der Waals surface area (Å²) in [5.41, 5.74) is 1.94. The molecule has 0 aliphatic heterocycles. The van der Waals surface area contributed by atoms with Gasteiger partial charge in [-0.15, -0.1) is 0 Å². The minimum absolute atomic E-state index is 0.0262. The number of aryl methyl sites for hydroxylation is 1. The molecule has 5 aromatic rings. The van der Waals surface area contributed by atoms with Gasteiger partial charge in [-0.3, -0.25) is 4.18 Å². The molecular formula is C43H49F2NO8S3. The van der Waals surface area contributed by atoms with E-state index in [0.29, 0.717) is 24.8 Å². The lowest BCUT2D eigenvalue weighted by atomic mass is 10.1. The molecule has 5 rings (SSSR count). The van der Waals surface area contributed by atoms with E-state index < -0.39 is 31.5 Å². The molecule has 0 bridgehead atoms. The number of unbranched alkanes of at least 4 members (excludes halogenated alkanes) is 10. The Morgan fingerprint density at radius 1 is 0.632 bits per heavy atom. The minimum atomic E-state index is -6.08. The van der Waals surface area contributed by atoms with Gasteiger partial charge in [0.05, 0.1) is 29.6 Å². The maximum Gasteiger partial charge on any atom is 0.428 e. The number of ether oxygens (including phenoxy) is 1. The zero-order valence-corrected chi connectivity index (χ0v) is 34.4. The van der Waals surface area contributed by atoms with Gasteiger partial charge in [-0.2, -0.15) is 17.2 Å². The number of carbonyl (C=O) groups excluding carboxylic acids is 1. The van der Waals surface area contributed by atoms with E-state index in [2.05, 4.69) is 102 Å². The molecule has 0 N–H and O–H groups in total. The summed E-state index contributed by atoms with van der Waals surface area (Å²) in [4.78, 5) is 19.3. The largest absolute Gasteiger partial charge is 0.743 e. The third-order valence-electron chi connectivity index (χ3n) is 8.91. The quantitative estimate of drug-likeness (QED) is 0.0232. The molecule has 0 saturated carbocycles. The van der Waals surface area contributed by atoms with Gasteiger partial charge >= 0.3 is 21.3 Å². The predicted molar refractivity (Wildman–Crippen MR) is 217 cm³/mol. The number of hydrogen-bond acceptors (Lipinski definition) is 9. The lowest BCUT2D eigenvalue weighted by Gasteiger charge is -2.17. The summed E-state index contributed by atoms with van der Waals surface area (Å²) in [7, 11) is -10.0. The minimum Gasteiger partial charge on any atom is -0.743 e. The van der Waals surface area contributed by atoms with Crippen molar-refractivity contribution in [3.05, 3.63) is 127 Å². The average molecular weight is 842 g/mol. The number of pyridine rings is 1. The zero-order chi connectivity index (χ0) is 41.2. The molecule has 0 aliphatic carbocycles. The predicted octanol–water partition coefficient (Wildman–Crippen LogP) is 10.0. The third kappa shape index (κ3) is 14.3. The van der Waals surface area contributed by atoms with Gasteiger partial charge in [-0.25, -0.2) is 18.2 Å². The number of rotatable bonds is 21. The number of carbonyl (C=O) groups is 1. The van der Waals surface area contributed by atoms with Crippen molar-refractivity contribution in [2.45, 2.75) is 103 Å². The van der Waals surface area contributed by atoms with Gasteiger partial charge in [-0.1, -0.05) is 131 Å². The first-order valence-electron chi connectivity index (χ1n) is 19.0. The highest BCUT2D eigenvalue weighted by Gasteiger charge is 2.48. The molecule has 0 radical (unpaired) electrons. The second-order valence-corrected chi connectivity index (χ2v) is 18.3. The standard InChI is InChI=1S/C24H33F2NO8S2.C19H17S/c25-24(26,37(31,32)33)23(28)34-18-12-8-6-4-2-1-3-5-7-9-13-19-35-36(29,30)22-17-16-20-14-10-11-15-21(20)27-22;1-16-10-8-9-15-19(16)20(17-11-4-2-5-12-17)18-13-6-3-7-14-18/h10-11,14-17H,1-9,12-13,18-19H2,(H,31,32,33);2-15H,1H3/q;+1/p-1. The van der Waals surface area contributed by atoms with Crippen LogP contribution in [0.25, 0.3) is 10.9 Å². The van der Waals surface area contributed by atoms with Crippen LogP contribution >= 0.6 is 0 Å². The molecule has 306 valence electrons. The number of para-hydroxylation sites is 1. The van der Waals surface area contributed by atoms with Crippen LogP contribution in [0.3, 0.4) is 0 Å².